The number of carbonyl (C=O) groups excluding carboxylic acids is 1. The molecule has 0 aromatic carbocycles. The molecule has 3 atom stereocenters. The van der Waals surface area contributed by atoms with Crippen LogP contribution in [0.4, 0.5) is 0 Å². The molecule has 2 heterocycles. The van der Waals surface area contributed by atoms with E-state index in [0.717, 1.165) is 64.3 Å². The van der Waals surface area contributed by atoms with Crippen molar-refractivity contribution in [2.75, 3.05) is 45.7 Å². The molecule has 2 saturated heterocycles. The van der Waals surface area contributed by atoms with Crippen LogP contribution in [-0.4, -0.2) is 74.0 Å². The Balaban J connectivity index is 1.66. The van der Waals surface area contributed by atoms with Crippen LogP contribution in [0.5, 0.6) is 0 Å². The van der Waals surface area contributed by atoms with Crippen LogP contribution in [0.25, 0.3) is 0 Å². The first-order valence-electron chi connectivity index (χ1n) is 8.34. The van der Waals surface area contributed by atoms with Crippen LogP contribution in [0.2, 0.25) is 0 Å². The molecule has 0 saturated carbocycles. The third kappa shape index (κ3) is 6.07. The quantitative estimate of drug-likeness (QED) is 0.634. The van der Waals surface area contributed by atoms with Crippen molar-refractivity contribution in [1.29, 1.82) is 0 Å². The van der Waals surface area contributed by atoms with Gasteiger partial charge < -0.3 is 14.2 Å². The number of carbonyl (C=O) groups is 1. The summed E-state index contributed by atoms with van der Waals surface area (Å²) in [5, 5.41) is -0.112. The first kappa shape index (κ1) is 18.0. The van der Waals surface area contributed by atoms with E-state index in [1.165, 1.54) is 0 Å². The summed E-state index contributed by atoms with van der Waals surface area (Å²) in [6, 6.07) is 0. The number of methoxy groups -OCH3 is 1. The lowest BCUT2D eigenvalue weighted by Gasteiger charge is -2.32. The average Bonchev–Trinajstić information content (AvgIpc) is 3.04. The Bertz CT molecular complexity index is 336. The summed E-state index contributed by atoms with van der Waals surface area (Å²) in [7, 11) is 1.72. The summed E-state index contributed by atoms with van der Waals surface area (Å²) in [5.74, 6) is 0.808. The van der Waals surface area contributed by atoms with Crippen molar-refractivity contribution in [3.63, 3.8) is 0 Å². The van der Waals surface area contributed by atoms with Gasteiger partial charge in [0.2, 0.25) is 0 Å². The molecule has 0 amide bonds. The maximum Gasteiger partial charge on any atom is 0.319 e. The van der Waals surface area contributed by atoms with Gasteiger partial charge in [-0.05, 0) is 39.2 Å². The van der Waals surface area contributed by atoms with Crippen molar-refractivity contribution in [3.8, 4) is 0 Å². The Labute approximate surface area is 138 Å². The standard InChI is InChI=1S/C16H29NO4S/c1-13(22-12-15-6-4-9-20-15)16(18)21-14-5-3-7-17(11-14)8-10-19-2/h13-15H,3-12H2,1-2H3/t13-,14-,15-/m0/s1. The van der Waals surface area contributed by atoms with Crippen molar-refractivity contribution in [2.45, 2.75) is 50.1 Å². The number of rotatable bonds is 8. The fourth-order valence-electron chi connectivity index (χ4n) is 2.89. The van der Waals surface area contributed by atoms with E-state index in [-0.39, 0.29) is 17.3 Å². The normalized spacial score (nSPS) is 27.7. The number of hydrogen-bond donors (Lipinski definition) is 0. The maximum absolute atomic E-state index is 12.2. The van der Waals surface area contributed by atoms with E-state index in [4.69, 9.17) is 14.2 Å². The summed E-state index contributed by atoms with van der Waals surface area (Å²) < 4.78 is 16.4. The molecule has 0 aromatic heterocycles. The summed E-state index contributed by atoms with van der Waals surface area (Å²) in [4.78, 5) is 14.5. The number of likely N-dealkylation sites (tertiary alicyclic amines) is 1. The van der Waals surface area contributed by atoms with E-state index in [1.807, 2.05) is 6.92 Å². The highest BCUT2D eigenvalue weighted by Crippen LogP contribution is 2.22. The second kappa shape index (κ2) is 9.75. The smallest absolute Gasteiger partial charge is 0.319 e. The first-order chi connectivity index (χ1) is 10.7. The van der Waals surface area contributed by atoms with Crippen molar-refractivity contribution in [1.82, 2.24) is 4.90 Å². The zero-order valence-corrected chi connectivity index (χ0v) is 14.6. The van der Waals surface area contributed by atoms with Gasteiger partial charge in [0, 0.05) is 32.6 Å². The summed E-state index contributed by atoms with van der Waals surface area (Å²) in [6.07, 6.45) is 4.66. The van der Waals surface area contributed by atoms with Gasteiger partial charge in [-0.2, -0.15) is 0 Å². The minimum Gasteiger partial charge on any atom is -0.460 e. The van der Waals surface area contributed by atoms with Gasteiger partial charge >= 0.3 is 5.97 Å². The predicted octanol–water partition coefficient (Wildman–Crippen LogP) is 1.94. The largest absolute Gasteiger partial charge is 0.460 e. The zero-order valence-electron chi connectivity index (χ0n) is 13.8. The van der Waals surface area contributed by atoms with E-state index in [2.05, 4.69) is 4.90 Å². The second-order valence-corrected chi connectivity index (χ2v) is 7.48. The molecule has 0 radical (unpaired) electrons. The zero-order chi connectivity index (χ0) is 15.8. The van der Waals surface area contributed by atoms with Crippen LogP contribution in [0, 0.1) is 0 Å². The number of hydrogen-bond acceptors (Lipinski definition) is 6. The van der Waals surface area contributed by atoms with Crippen molar-refractivity contribution < 1.29 is 19.0 Å². The maximum atomic E-state index is 12.2. The van der Waals surface area contributed by atoms with E-state index in [0.29, 0.717) is 6.10 Å². The van der Waals surface area contributed by atoms with Crippen LogP contribution in [-0.2, 0) is 19.0 Å². The molecule has 22 heavy (non-hydrogen) atoms. The average molecular weight is 331 g/mol. The van der Waals surface area contributed by atoms with Crippen molar-refractivity contribution >= 4 is 17.7 Å². The lowest BCUT2D eigenvalue weighted by atomic mass is 10.1. The van der Waals surface area contributed by atoms with E-state index in [1.54, 1.807) is 18.9 Å². The molecular formula is C16H29NO4S. The Kier molecular flexibility index (Phi) is 8.00. The summed E-state index contributed by atoms with van der Waals surface area (Å²) in [5.41, 5.74) is 0. The summed E-state index contributed by atoms with van der Waals surface area (Å²) >= 11 is 1.65. The highest BCUT2D eigenvalue weighted by atomic mass is 32.2. The van der Waals surface area contributed by atoms with Gasteiger partial charge in [-0.3, -0.25) is 9.69 Å². The molecule has 6 heteroatoms. The minimum atomic E-state index is -0.112. The molecule has 128 valence electrons. The van der Waals surface area contributed by atoms with Crippen LogP contribution < -0.4 is 0 Å². The van der Waals surface area contributed by atoms with Gasteiger partial charge in [0.25, 0.3) is 0 Å². The molecule has 2 aliphatic heterocycles. The second-order valence-electron chi connectivity index (χ2n) is 6.11. The van der Waals surface area contributed by atoms with E-state index >= 15 is 0 Å². The molecular weight excluding hydrogens is 302 g/mol. The van der Waals surface area contributed by atoms with E-state index in [9.17, 15) is 4.79 Å². The third-order valence-corrected chi connectivity index (χ3v) is 5.50. The van der Waals surface area contributed by atoms with Gasteiger partial charge in [-0.1, -0.05) is 0 Å². The minimum absolute atomic E-state index is 0.0314. The van der Waals surface area contributed by atoms with Crippen LogP contribution in [0.3, 0.4) is 0 Å². The molecule has 0 aliphatic carbocycles. The molecule has 2 aliphatic rings. The number of ether oxygens (including phenoxy) is 3. The Morgan fingerprint density at radius 2 is 2.27 bits per heavy atom. The Hall–Kier alpha value is -0.300. The molecule has 0 N–H and O–H groups in total. The third-order valence-electron chi connectivity index (χ3n) is 4.24. The van der Waals surface area contributed by atoms with Crippen molar-refractivity contribution in [2.24, 2.45) is 0 Å². The molecule has 5 nitrogen and oxygen atoms in total. The fraction of sp³-hybridized carbons (Fsp3) is 0.938. The first-order valence-corrected chi connectivity index (χ1v) is 9.39. The highest BCUT2D eigenvalue weighted by molar-refractivity contribution is 8.00. The van der Waals surface area contributed by atoms with Gasteiger partial charge in [0.1, 0.15) is 6.10 Å². The van der Waals surface area contributed by atoms with Gasteiger partial charge in [0.15, 0.2) is 0 Å². The number of piperidine rings is 1. The van der Waals surface area contributed by atoms with Gasteiger partial charge in [-0.15, -0.1) is 11.8 Å². The summed E-state index contributed by atoms with van der Waals surface area (Å²) in [6.45, 7) is 6.35. The predicted molar refractivity (Wildman–Crippen MR) is 88.3 cm³/mol. The fourth-order valence-corrected chi connectivity index (χ4v) is 3.85. The number of thioether (sulfide) groups is 1. The molecule has 0 spiro atoms. The highest BCUT2D eigenvalue weighted by Gasteiger charge is 2.26. The Morgan fingerprint density at radius 1 is 1.41 bits per heavy atom. The van der Waals surface area contributed by atoms with Crippen molar-refractivity contribution in [3.05, 3.63) is 0 Å². The lowest BCUT2D eigenvalue weighted by molar-refractivity contribution is -0.150. The SMILES string of the molecule is COCCN1CCC[C@H](OC(=O)[C@H](C)SC[C@@H]2CCCO2)C1. The number of nitrogens with zero attached hydrogens (tertiary/aromatic N) is 1. The van der Waals surface area contributed by atoms with E-state index < -0.39 is 0 Å². The molecule has 2 rings (SSSR count). The molecule has 0 aromatic rings. The van der Waals surface area contributed by atoms with Gasteiger partial charge in [0.05, 0.1) is 18.0 Å². The topological polar surface area (TPSA) is 48.0 Å². The lowest BCUT2D eigenvalue weighted by Crippen LogP contribution is -2.42. The van der Waals surface area contributed by atoms with Crippen LogP contribution in [0.15, 0.2) is 0 Å². The molecule has 0 bridgehead atoms. The molecule has 0 unspecified atom stereocenters. The number of esters is 1. The molecule has 2 fully saturated rings. The van der Waals surface area contributed by atoms with Gasteiger partial charge in [-0.25, -0.2) is 0 Å². The van der Waals surface area contributed by atoms with Crippen LogP contribution in [0.1, 0.15) is 32.6 Å². The van der Waals surface area contributed by atoms with Crippen LogP contribution >= 0.6 is 11.8 Å². The Morgan fingerprint density at radius 3 is 3.00 bits per heavy atom. The monoisotopic (exact) mass is 331 g/mol.